The second-order valence-electron chi connectivity index (χ2n) is 7.47. The lowest BCUT2D eigenvalue weighted by Gasteiger charge is -2.31. The SMILES string of the molecule is CC(=N)N(C)CC1CCCCC1.CC(=N)N1CC1.CC(=N)N1CCC1. The Morgan fingerprint density at radius 3 is 1.52 bits per heavy atom. The molecule has 6 nitrogen and oxygen atoms in total. The van der Waals surface area contributed by atoms with Crippen LogP contribution in [-0.4, -0.2) is 72.0 Å². The summed E-state index contributed by atoms with van der Waals surface area (Å²) < 4.78 is 0. The largest absolute Gasteiger partial charge is 0.364 e. The Kier molecular flexibility index (Phi) is 9.53. The van der Waals surface area contributed by atoms with Gasteiger partial charge in [0.1, 0.15) is 0 Å². The molecule has 3 rings (SSSR count). The third-order valence-corrected chi connectivity index (χ3v) is 5.08. The van der Waals surface area contributed by atoms with Crippen molar-refractivity contribution in [2.24, 2.45) is 5.92 Å². The van der Waals surface area contributed by atoms with Crippen LogP contribution in [0.2, 0.25) is 0 Å². The smallest absolute Gasteiger partial charge is 0.0927 e. The summed E-state index contributed by atoms with van der Waals surface area (Å²) in [5.74, 6) is 2.96. The Morgan fingerprint density at radius 1 is 0.800 bits per heavy atom. The van der Waals surface area contributed by atoms with Gasteiger partial charge in [0.2, 0.25) is 0 Å². The second-order valence-corrected chi connectivity index (χ2v) is 7.47. The van der Waals surface area contributed by atoms with Gasteiger partial charge in [-0.15, -0.1) is 0 Å². The number of nitrogens with zero attached hydrogens (tertiary/aromatic N) is 3. The molecule has 0 spiro atoms. The summed E-state index contributed by atoms with van der Waals surface area (Å²) in [6.45, 7) is 11.0. The van der Waals surface area contributed by atoms with Crippen LogP contribution in [0.5, 0.6) is 0 Å². The van der Waals surface area contributed by atoms with Gasteiger partial charge in [-0.1, -0.05) is 19.3 Å². The van der Waals surface area contributed by atoms with E-state index < -0.39 is 0 Å². The van der Waals surface area contributed by atoms with Crippen LogP contribution < -0.4 is 0 Å². The zero-order valence-electron chi connectivity index (χ0n) is 16.7. The Balaban J connectivity index is 0.000000203. The van der Waals surface area contributed by atoms with E-state index in [0.29, 0.717) is 17.5 Å². The molecule has 0 aromatic carbocycles. The molecule has 1 saturated carbocycles. The summed E-state index contributed by atoms with van der Waals surface area (Å²) in [6, 6.07) is 0. The monoisotopic (exact) mass is 350 g/mol. The molecule has 2 heterocycles. The van der Waals surface area contributed by atoms with E-state index in [4.69, 9.17) is 16.2 Å². The van der Waals surface area contributed by atoms with Crippen molar-refractivity contribution in [1.29, 1.82) is 16.2 Å². The van der Waals surface area contributed by atoms with Gasteiger partial charge in [-0.05, 0) is 46.0 Å². The van der Waals surface area contributed by atoms with Gasteiger partial charge in [0.05, 0.1) is 17.5 Å². The highest BCUT2D eigenvalue weighted by atomic mass is 15.3. The van der Waals surface area contributed by atoms with E-state index >= 15 is 0 Å². The summed E-state index contributed by atoms with van der Waals surface area (Å²) >= 11 is 0. The van der Waals surface area contributed by atoms with Gasteiger partial charge in [-0.25, -0.2) is 0 Å². The van der Waals surface area contributed by atoms with Crippen LogP contribution in [-0.2, 0) is 0 Å². The molecule has 6 heteroatoms. The van der Waals surface area contributed by atoms with Gasteiger partial charge in [0.15, 0.2) is 0 Å². The molecule has 0 amide bonds. The van der Waals surface area contributed by atoms with Crippen molar-refractivity contribution in [2.45, 2.75) is 59.3 Å². The highest BCUT2D eigenvalue weighted by Gasteiger charge is 2.16. The lowest BCUT2D eigenvalue weighted by molar-refractivity contribution is 0.295. The normalized spacial score (nSPS) is 18.7. The fraction of sp³-hybridized carbons (Fsp3) is 0.842. The van der Waals surface area contributed by atoms with E-state index in [1.807, 2.05) is 32.7 Å². The number of amidine groups is 3. The Morgan fingerprint density at radius 2 is 1.28 bits per heavy atom. The molecule has 0 aromatic heterocycles. The van der Waals surface area contributed by atoms with Gasteiger partial charge < -0.3 is 14.7 Å². The molecule has 0 unspecified atom stereocenters. The van der Waals surface area contributed by atoms with E-state index in [1.165, 1.54) is 38.5 Å². The van der Waals surface area contributed by atoms with E-state index in [0.717, 1.165) is 38.6 Å². The molecular formula is C19H38N6. The Hall–Kier alpha value is -1.59. The quantitative estimate of drug-likeness (QED) is 0.405. The van der Waals surface area contributed by atoms with Gasteiger partial charge >= 0.3 is 0 Å². The number of rotatable bonds is 2. The number of nitrogens with one attached hydrogen (secondary N) is 3. The van der Waals surface area contributed by atoms with Crippen LogP contribution >= 0.6 is 0 Å². The van der Waals surface area contributed by atoms with Crippen LogP contribution in [0.3, 0.4) is 0 Å². The van der Waals surface area contributed by atoms with Crippen molar-refractivity contribution in [2.75, 3.05) is 39.8 Å². The Bertz CT molecular complexity index is 433. The molecule has 25 heavy (non-hydrogen) atoms. The van der Waals surface area contributed by atoms with Gasteiger partial charge in [0, 0.05) is 39.8 Å². The highest BCUT2D eigenvalue weighted by molar-refractivity contribution is 5.78. The van der Waals surface area contributed by atoms with Crippen molar-refractivity contribution < 1.29 is 0 Å². The summed E-state index contributed by atoms with van der Waals surface area (Å²) in [7, 11) is 2.02. The van der Waals surface area contributed by atoms with Gasteiger partial charge in [-0.2, -0.15) is 0 Å². The van der Waals surface area contributed by atoms with Crippen LogP contribution in [0.25, 0.3) is 0 Å². The first-order chi connectivity index (χ1) is 11.8. The zero-order chi connectivity index (χ0) is 18.8. The number of likely N-dealkylation sites (tertiary alicyclic amines) is 1. The molecule has 2 saturated heterocycles. The van der Waals surface area contributed by atoms with Crippen molar-refractivity contribution in [3.8, 4) is 0 Å². The minimum absolute atomic E-state index is 0.695. The third kappa shape index (κ3) is 9.46. The Labute approximate surface area is 154 Å². The molecule has 3 aliphatic rings. The van der Waals surface area contributed by atoms with Crippen molar-refractivity contribution in [1.82, 2.24) is 14.7 Å². The number of hydrogen-bond donors (Lipinski definition) is 3. The molecule has 0 aromatic rings. The minimum Gasteiger partial charge on any atom is -0.364 e. The van der Waals surface area contributed by atoms with Crippen LogP contribution in [0, 0.1) is 22.1 Å². The number of hydrogen-bond acceptors (Lipinski definition) is 3. The summed E-state index contributed by atoms with van der Waals surface area (Å²) in [5, 5.41) is 21.5. The first-order valence-electron chi connectivity index (χ1n) is 9.67. The average Bonchev–Trinajstić information content (AvgIpc) is 3.31. The standard InChI is InChI=1S/C10H20N2.C5H10N2.C4H8N2/c1-9(11)12(2)8-10-6-4-3-5-7-10;1-5(6)7-3-2-4-7;1-4(5)6-2-3-6/h10-11H,3-8H2,1-2H3;6H,2-4H2,1H3;5H,2-3H2,1H3. The van der Waals surface area contributed by atoms with Crippen molar-refractivity contribution in [3.05, 3.63) is 0 Å². The molecule has 0 atom stereocenters. The summed E-state index contributed by atoms with van der Waals surface area (Å²) in [5.41, 5.74) is 0. The fourth-order valence-electron chi connectivity index (χ4n) is 2.93. The molecule has 3 fully saturated rings. The lowest BCUT2D eigenvalue weighted by atomic mass is 9.89. The van der Waals surface area contributed by atoms with E-state index in [2.05, 4.69) is 9.80 Å². The van der Waals surface area contributed by atoms with Crippen molar-refractivity contribution in [3.63, 3.8) is 0 Å². The summed E-state index contributed by atoms with van der Waals surface area (Å²) in [4.78, 5) is 6.12. The molecule has 2 aliphatic heterocycles. The molecule has 1 aliphatic carbocycles. The zero-order valence-corrected chi connectivity index (χ0v) is 16.7. The van der Waals surface area contributed by atoms with Crippen LogP contribution in [0.15, 0.2) is 0 Å². The second kappa shape index (κ2) is 11.1. The van der Waals surface area contributed by atoms with E-state index in [1.54, 1.807) is 0 Å². The highest BCUT2D eigenvalue weighted by Crippen LogP contribution is 2.23. The van der Waals surface area contributed by atoms with E-state index in [9.17, 15) is 0 Å². The topological polar surface area (TPSA) is 81.0 Å². The maximum Gasteiger partial charge on any atom is 0.0927 e. The van der Waals surface area contributed by atoms with Gasteiger partial charge in [-0.3, -0.25) is 16.2 Å². The molecule has 144 valence electrons. The van der Waals surface area contributed by atoms with Crippen LogP contribution in [0.1, 0.15) is 59.3 Å². The predicted molar refractivity (Wildman–Crippen MR) is 107 cm³/mol. The minimum atomic E-state index is 0.695. The third-order valence-electron chi connectivity index (χ3n) is 5.08. The molecule has 0 radical (unpaired) electrons. The predicted octanol–water partition coefficient (Wildman–Crippen LogP) is 3.48. The lowest BCUT2D eigenvalue weighted by Crippen LogP contribution is -2.40. The van der Waals surface area contributed by atoms with Crippen molar-refractivity contribution >= 4 is 17.5 Å². The van der Waals surface area contributed by atoms with Crippen LogP contribution in [0.4, 0.5) is 0 Å². The van der Waals surface area contributed by atoms with Gasteiger partial charge in [0.25, 0.3) is 0 Å². The maximum atomic E-state index is 7.44. The molecule has 3 N–H and O–H groups in total. The van der Waals surface area contributed by atoms with E-state index in [-0.39, 0.29) is 0 Å². The molecular weight excluding hydrogens is 312 g/mol. The fourth-order valence-corrected chi connectivity index (χ4v) is 2.93. The summed E-state index contributed by atoms with van der Waals surface area (Å²) in [6.07, 6.45) is 8.24. The average molecular weight is 351 g/mol. The first kappa shape index (κ1) is 21.5. The molecule has 0 bridgehead atoms. The maximum absolute atomic E-state index is 7.44. The first-order valence-corrected chi connectivity index (χ1v) is 9.67.